The second-order valence-electron chi connectivity index (χ2n) is 8.06. The summed E-state index contributed by atoms with van der Waals surface area (Å²) in [6.07, 6.45) is 8.74. The van der Waals surface area contributed by atoms with E-state index in [-0.39, 0.29) is 0 Å². The van der Waals surface area contributed by atoms with Gasteiger partial charge in [0.25, 0.3) is 0 Å². The predicted molar refractivity (Wildman–Crippen MR) is 113 cm³/mol. The smallest absolute Gasteiger partial charge is 0.336 e. The molecule has 4 rings (SSSR count). The molecule has 0 spiro atoms. The fraction of sp³-hybridized carbons (Fsp3) is 0.417. The van der Waals surface area contributed by atoms with Crippen LogP contribution in [0.3, 0.4) is 0 Å². The molecule has 28 heavy (non-hydrogen) atoms. The Labute approximate surface area is 166 Å². The molecular weight excluding hydrogens is 348 g/mol. The van der Waals surface area contributed by atoms with Crippen LogP contribution in [0.25, 0.3) is 11.1 Å². The minimum atomic E-state index is -0.892. The van der Waals surface area contributed by atoms with Crippen LogP contribution < -0.4 is 5.32 Å². The highest BCUT2D eigenvalue weighted by Gasteiger charge is 2.23. The molecule has 2 aliphatic rings. The van der Waals surface area contributed by atoms with Gasteiger partial charge in [0.15, 0.2) is 0 Å². The zero-order valence-corrected chi connectivity index (χ0v) is 16.2. The van der Waals surface area contributed by atoms with Gasteiger partial charge in [-0.05, 0) is 41.5 Å². The minimum Gasteiger partial charge on any atom is -0.478 e. The first-order valence-corrected chi connectivity index (χ1v) is 10.4. The minimum absolute atomic E-state index is 0.341. The lowest BCUT2D eigenvalue weighted by molar-refractivity contribution is 0.0697. The van der Waals surface area contributed by atoms with E-state index in [4.69, 9.17) is 4.99 Å². The highest BCUT2D eigenvalue weighted by Crippen LogP contribution is 2.29. The summed E-state index contributed by atoms with van der Waals surface area (Å²) >= 11 is 0. The largest absolute Gasteiger partial charge is 0.478 e. The molecule has 1 fully saturated rings. The molecule has 1 saturated carbocycles. The molecular formula is C24H28N2O2. The lowest BCUT2D eigenvalue weighted by atomic mass is 9.97. The summed E-state index contributed by atoms with van der Waals surface area (Å²) in [5, 5.41) is 13.0. The topological polar surface area (TPSA) is 61.7 Å². The number of amidine groups is 1. The maximum Gasteiger partial charge on any atom is 0.336 e. The summed E-state index contributed by atoms with van der Waals surface area (Å²) in [6, 6.07) is 15.9. The molecule has 1 atom stereocenters. The number of carboxylic acids is 1. The van der Waals surface area contributed by atoms with Crippen molar-refractivity contribution >= 4 is 11.8 Å². The quantitative estimate of drug-likeness (QED) is 0.720. The monoisotopic (exact) mass is 376 g/mol. The van der Waals surface area contributed by atoms with E-state index in [0.717, 1.165) is 42.3 Å². The van der Waals surface area contributed by atoms with Crippen LogP contribution in [0.4, 0.5) is 0 Å². The molecule has 0 saturated heterocycles. The fourth-order valence-electron chi connectivity index (χ4n) is 4.52. The van der Waals surface area contributed by atoms with Crippen LogP contribution in [-0.4, -0.2) is 29.5 Å². The number of aryl methyl sites for hydroxylation is 1. The molecule has 0 aromatic heterocycles. The number of carboxylic acid groups (broad SMARTS) is 1. The van der Waals surface area contributed by atoms with Crippen molar-refractivity contribution < 1.29 is 9.90 Å². The van der Waals surface area contributed by atoms with Crippen molar-refractivity contribution in [2.45, 2.75) is 51.0 Å². The van der Waals surface area contributed by atoms with Gasteiger partial charge in [-0.2, -0.15) is 0 Å². The Morgan fingerprint density at radius 1 is 1.04 bits per heavy atom. The number of rotatable bonds is 7. The summed E-state index contributed by atoms with van der Waals surface area (Å²) in [5.41, 5.74) is 3.29. The summed E-state index contributed by atoms with van der Waals surface area (Å²) in [4.78, 5) is 16.1. The van der Waals surface area contributed by atoms with Gasteiger partial charge in [0, 0.05) is 12.5 Å². The van der Waals surface area contributed by atoms with Crippen LogP contribution in [0.2, 0.25) is 0 Å². The van der Waals surface area contributed by atoms with Gasteiger partial charge in [-0.3, -0.25) is 4.99 Å². The molecule has 1 unspecified atom stereocenters. The van der Waals surface area contributed by atoms with Crippen molar-refractivity contribution in [2.75, 3.05) is 6.54 Å². The molecule has 2 aromatic rings. The Kier molecular flexibility index (Phi) is 5.75. The van der Waals surface area contributed by atoms with Crippen LogP contribution in [0.5, 0.6) is 0 Å². The summed E-state index contributed by atoms with van der Waals surface area (Å²) in [5.74, 6) is 1.15. The predicted octanol–water partition coefficient (Wildman–Crippen LogP) is 4.94. The van der Waals surface area contributed by atoms with E-state index in [2.05, 4.69) is 17.4 Å². The average molecular weight is 377 g/mol. The van der Waals surface area contributed by atoms with E-state index in [0.29, 0.717) is 11.6 Å². The number of aromatic carboxylic acids is 1. The van der Waals surface area contributed by atoms with Crippen molar-refractivity contribution in [2.24, 2.45) is 10.9 Å². The molecule has 1 heterocycles. The van der Waals surface area contributed by atoms with Crippen LogP contribution in [0.15, 0.2) is 53.5 Å². The van der Waals surface area contributed by atoms with Gasteiger partial charge in [0.2, 0.25) is 0 Å². The van der Waals surface area contributed by atoms with E-state index >= 15 is 0 Å². The Bertz CT molecular complexity index is 851. The summed E-state index contributed by atoms with van der Waals surface area (Å²) in [6.45, 7) is 0.927. The Morgan fingerprint density at radius 2 is 1.79 bits per heavy atom. The van der Waals surface area contributed by atoms with Gasteiger partial charge in [-0.25, -0.2) is 4.79 Å². The number of carbonyl (C=O) groups is 1. The van der Waals surface area contributed by atoms with Crippen molar-refractivity contribution in [3.8, 4) is 11.1 Å². The molecule has 0 bridgehead atoms. The first-order valence-electron chi connectivity index (χ1n) is 10.4. The van der Waals surface area contributed by atoms with E-state index in [1.54, 1.807) is 12.1 Å². The number of benzene rings is 2. The number of hydrogen-bond donors (Lipinski definition) is 2. The Morgan fingerprint density at radius 3 is 2.54 bits per heavy atom. The van der Waals surface area contributed by atoms with Crippen molar-refractivity contribution in [3.63, 3.8) is 0 Å². The maximum absolute atomic E-state index is 11.4. The van der Waals surface area contributed by atoms with E-state index in [9.17, 15) is 9.90 Å². The average Bonchev–Trinajstić information content (AvgIpc) is 3.39. The second-order valence-corrected chi connectivity index (χ2v) is 8.06. The highest BCUT2D eigenvalue weighted by molar-refractivity contribution is 5.96. The van der Waals surface area contributed by atoms with Crippen molar-refractivity contribution in [3.05, 3.63) is 59.7 Å². The first-order chi connectivity index (χ1) is 13.7. The van der Waals surface area contributed by atoms with E-state index < -0.39 is 5.97 Å². The van der Waals surface area contributed by atoms with Gasteiger partial charge in [0.1, 0.15) is 0 Å². The van der Waals surface area contributed by atoms with Gasteiger partial charge in [0.05, 0.1) is 17.9 Å². The third kappa shape index (κ3) is 4.44. The lowest BCUT2D eigenvalue weighted by Gasteiger charge is -2.16. The maximum atomic E-state index is 11.4. The molecule has 4 nitrogen and oxygen atoms in total. The third-order valence-electron chi connectivity index (χ3n) is 6.04. The highest BCUT2D eigenvalue weighted by atomic mass is 16.4. The molecule has 0 radical (unpaired) electrons. The standard InChI is InChI=1S/C24H28N2O2/c27-24(28)22-8-4-3-7-21(22)19-12-9-17(10-13-19)11-14-23-25-16-20(26-23)15-18-5-1-2-6-18/h3-4,7-10,12-13,18,20H,1-2,5-6,11,14-16H2,(H,25,26)(H,27,28). The molecule has 1 aliphatic heterocycles. The van der Waals surface area contributed by atoms with Gasteiger partial charge >= 0.3 is 5.97 Å². The summed E-state index contributed by atoms with van der Waals surface area (Å²) < 4.78 is 0. The van der Waals surface area contributed by atoms with Crippen LogP contribution in [-0.2, 0) is 6.42 Å². The first kappa shape index (κ1) is 18.7. The van der Waals surface area contributed by atoms with E-state index in [1.165, 1.54) is 37.7 Å². The molecule has 2 N–H and O–H groups in total. The number of nitrogens with one attached hydrogen (secondary N) is 1. The van der Waals surface area contributed by atoms with Gasteiger partial charge < -0.3 is 10.4 Å². The van der Waals surface area contributed by atoms with E-state index in [1.807, 2.05) is 24.3 Å². The molecule has 4 heteroatoms. The number of hydrogen-bond acceptors (Lipinski definition) is 3. The molecule has 1 aliphatic carbocycles. The van der Waals surface area contributed by atoms with Crippen LogP contribution in [0.1, 0.15) is 54.4 Å². The van der Waals surface area contributed by atoms with Gasteiger partial charge in [-0.15, -0.1) is 0 Å². The van der Waals surface area contributed by atoms with Crippen molar-refractivity contribution in [1.29, 1.82) is 0 Å². The zero-order valence-electron chi connectivity index (χ0n) is 16.2. The normalized spacial score (nSPS) is 19.4. The number of aliphatic imine (C=N–C) groups is 1. The molecule has 146 valence electrons. The Hall–Kier alpha value is -2.62. The Balaban J connectivity index is 1.31. The van der Waals surface area contributed by atoms with Crippen LogP contribution >= 0.6 is 0 Å². The lowest BCUT2D eigenvalue weighted by Crippen LogP contribution is -2.31. The SMILES string of the molecule is O=C(O)c1ccccc1-c1ccc(CCC2=NCC(CC3CCCC3)N2)cc1. The fourth-order valence-corrected chi connectivity index (χ4v) is 4.52. The van der Waals surface area contributed by atoms with Crippen molar-refractivity contribution in [1.82, 2.24) is 5.32 Å². The molecule has 2 aromatic carbocycles. The van der Waals surface area contributed by atoms with Gasteiger partial charge in [-0.1, -0.05) is 68.1 Å². The zero-order chi connectivity index (χ0) is 19.3. The molecule has 0 amide bonds. The van der Waals surface area contributed by atoms with Crippen LogP contribution in [0, 0.1) is 5.92 Å². The third-order valence-corrected chi connectivity index (χ3v) is 6.04. The summed E-state index contributed by atoms with van der Waals surface area (Å²) in [7, 11) is 0. The number of nitrogens with zero attached hydrogens (tertiary/aromatic N) is 1. The second kappa shape index (κ2) is 8.59.